The van der Waals surface area contributed by atoms with Crippen LogP contribution < -0.4 is 0 Å². The van der Waals surface area contributed by atoms with Gasteiger partial charge in [-0.25, -0.2) is 0 Å². The molecule has 0 unspecified atom stereocenters. The number of benzene rings is 2. The molecule has 0 heterocycles. The zero-order valence-corrected chi connectivity index (χ0v) is 13.1. The van der Waals surface area contributed by atoms with E-state index in [1.165, 1.54) is 0 Å². The van der Waals surface area contributed by atoms with Crippen molar-refractivity contribution in [2.75, 3.05) is 0 Å². The topological polar surface area (TPSA) is 74.6 Å². The number of carbonyl (C=O) groups is 2. The zero-order valence-electron chi connectivity index (χ0n) is 13.1. The lowest BCUT2D eigenvalue weighted by atomic mass is 9.68. The molecule has 0 saturated heterocycles. The molecule has 2 aromatic rings. The van der Waals surface area contributed by atoms with Crippen LogP contribution in [-0.4, -0.2) is 21.8 Å². The van der Waals surface area contributed by atoms with E-state index in [-0.39, 0.29) is 24.4 Å². The lowest BCUT2D eigenvalue weighted by Crippen LogP contribution is -2.38. The first-order chi connectivity index (χ1) is 11.6. The molecular formula is C20H18O4. The molecule has 4 rings (SSSR count). The molecule has 4 atom stereocenters. The van der Waals surface area contributed by atoms with Gasteiger partial charge in [0.05, 0.1) is 12.2 Å². The fourth-order valence-corrected chi connectivity index (χ4v) is 4.07. The summed E-state index contributed by atoms with van der Waals surface area (Å²) in [7, 11) is 0. The molecule has 24 heavy (non-hydrogen) atoms. The smallest absolute Gasteiger partial charge is 0.167 e. The molecule has 4 nitrogen and oxygen atoms in total. The third-order valence-corrected chi connectivity index (χ3v) is 5.28. The standard InChI is InChI=1S/C20H18O4/c21-17-9-15(19(23)13-7-3-1-5-11(13)17)16-10-18(22)12-6-2-4-8-14(12)20(16)24/h1-8,15-18,21-22H,9-10H2/t15-,16-,17-,18-/m1/s1. The number of hydrogen-bond donors (Lipinski definition) is 2. The van der Waals surface area contributed by atoms with Gasteiger partial charge in [-0.1, -0.05) is 48.5 Å². The minimum atomic E-state index is -0.758. The summed E-state index contributed by atoms with van der Waals surface area (Å²) in [4.78, 5) is 25.8. The molecule has 0 fully saturated rings. The van der Waals surface area contributed by atoms with Gasteiger partial charge < -0.3 is 10.2 Å². The predicted octanol–water partition coefficient (Wildman–Crippen LogP) is 2.86. The van der Waals surface area contributed by atoms with Crippen LogP contribution in [0.3, 0.4) is 0 Å². The summed E-state index contributed by atoms with van der Waals surface area (Å²) in [6.07, 6.45) is -1.07. The third-order valence-electron chi connectivity index (χ3n) is 5.28. The quantitative estimate of drug-likeness (QED) is 0.846. The van der Waals surface area contributed by atoms with Crippen molar-refractivity contribution in [1.82, 2.24) is 0 Å². The van der Waals surface area contributed by atoms with Gasteiger partial charge in [-0.3, -0.25) is 9.59 Å². The number of aliphatic hydroxyl groups is 2. The van der Waals surface area contributed by atoms with Crippen molar-refractivity contribution < 1.29 is 19.8 Å². The zero-order chi connectivity index (χ0) is 16.8. The Bertz CT molecular complexity index is 756. The highest BCUT2D eigenvalue weighted by molar-refractivity contribution is 6.07. The maximum absolute atomic E-state index is 12.9. The van der Waals surface area contributed by atoms with Crippen LogP contribution in [0.1, 0.15) is 56.9 Å². The lowest BCUT2D eigenvalue weighted by Gasteiger charge is -2.36. The first-order valence-corrected chi connectivity index (χ1v) is 8.20. The Hall–Kier alpha value is -2.30. The summed E-state index contributed by atoms with van der Waals surface area (Å²) in [5.41, 5.74) is 2.23. The maximum atomic E-state index is 12.9. The molecule has 4 heteroatoms. The van der Waals surface area contributed by atoms with Crippen molar-refractivity contribution in [1.29, 1.82) is 0 Å². The molecule has 0 radical (unpaired) electrons. The monoisotopic (exact) mass is 322 g/mol. The SMILES string of the molecule is O=C1c2ccccc2[C@H](O)C[C@@H]1[C@H]1C[C@@H](O)c2ccccc2C1=O. The molecule has 0 saturated carbocycles. The number of fused-ring (bicyclic) bond motifs is 2. The fraction of sp³-hybridized carbons (Fsp3) is 0.300. The number of hydrogen-bond acceptors (Lipinski definition) is 4. The summed E-state index contributed by atoms with van der Waals surface area (Å²) < 4.78 is 0. The molecule has 0 aliphatic heterocycles. The Labute approximate surface area is 139 Å². The van der Waals surface area contributed by atoms with Crippen LogP contribution in [0.5, 0.6) is 0 Å². The van der Waals surface area contributed by atoms with Gasteiger partial charge in [0.1, 0.15) is 0 Å². The highest BCUT2D eigenvalue weighted by Crippen LogP contribution is 2.43. The van der Waals surface area contributed by atoms with E-state index in [9.17, 15) is 19.8 Å². The molecule has 2 aromatic carbocycles. The number of rotatable bonds is 1. The first kappa shape index (κ1) is 15.2. The molecule has 0 aromatic heterocycles. The maximum Gasteiger partial charge on any atom is 0.167 e. The van der Waals surface area contributed by atoms with E-state index in [4.69, 9.17) is 0 Å². The van der Waals surface area contributed by atoms with Gasteiger partial charge in [-0.05, 0) is 24.0 Å². The van der Waals surface area contributed by atoms with Crippen molar-refractivity contribution in [2.45, 2.75) is 25.0 Å². The molecule has 2 aliphatic rings. The summed E-state index contributed by atoms with van der Waals surface area (Å²) in [5.74, 6) is -1.41. The van der Waals surface area contributed by atoms with Gasteiger partial charge in [-0.2, -0.15) is 0 Å². The van der Waals surface area contributed by atoms with Gasteiger partial charge in [-0.15, -0.1) is 0 Å². The van der Waals surface area contributed by atoms with E-state index in [0.29, 0.717) is 22.3 Å². The van der Waals surface area contributed by atoms with Crippen LogP contribution in [0.2, 0.25) is 0 Å². The van der Waals surface area contributed by atoms with Crippen molar-refractivity contribution in [3.63, 3.8) is 0 Å². The second kappa shape index (κ2) is 5.65. The highest BCUT2D eigenvalue weighted by Gasteiger charge is 2.44. The molecule has 0 spiro atoms. The summed E-state index contributed by atoms with van der Waals surface area (Å²) >= 11 is 0. The number of Topliss-reactive ketones (excluding diaryl/α,β-unsaturated/α-hetero) is 2. The van der Waals surface area contributed by atoms with Crippen LogP contribution in [0.15, 0.2) is 48.5 Å². The second-order valence-corrected chi connectivity index (χ2v) is 6.62. The van der Waals surface area contributed by atoms with Crippen molar-refractivity contribution in [2.24, 2.45) is 11.8 Å². The molecular weight excluding hydrogens is 304 g/mol. The fourth-order valence-electron chi connectivity index (χ4n) is 4.07. The van der Waals surface area contributed by atoms with E-state index in [2.05, 4.69) is 0 Å². The lowest BCUT2D eigenvalue weighted by molar-refractivity contribution is 0.0477. The predicted molar refractivity (Wildman–Crippen MR) is 87.7 cm³/mol. The van der Waals surface area contributed by atoms with Gasteiger partial charge in [0.15, 0.2) is 11.6 Å². The van der Waals surface area contributed by atoms with E-state index in [1.807, 2.05) is 0 Å². The average molecular weight is 322 g/mol. The van der Waals surface area contributed by atoms with Crippen LogP contribution in [-0.2, 0) is 0 Å². The van der Waals surface area contributed by atoms with Crippen LogP contribution in [0, 0.1) is 11.8 Å². The van der Waals surface area contributed by atoms with Gasteiger partial charge in [0.25, 0.3) is 0 Å². The highest BCUT2D eigenvalue weighted by atomic mass is 16.3. The Morgan fingerprint density at radius 3 is 1.46 bits per heavy atom. The third kappa shape index (κ3) is 2.22. The van der Waals surface area contributed by atoms with Crippen LogP contribution in [0.4, 0.5) is 0 Å². The average Bonchev–Trinajstić information content (AvgIpc) is 2.61. The molecule has 2 aliphatic carbocycles. The second-order valence-electron chi connectivity index (χ2n) is 6.62. The Kier molecular flexibility index (Phi) is 3.59. The van der Waals surface area contributed by atoms with Crippen LogP contribution >= 0.6 is 0 Å². The van der Waals surface area contributed by atoms with Gasteiger partial charge in [0, 0.05) is 23.0 Å². The number of ketones is 2. The Morgan fingerprint density at radius 2 is 1.04 bits per heavy atom. The summed E-state index contributed by atoms with van der Waals surface area (Å²) in [6, 6.07) is 14.0. The van der Waals surface area contributed by atoms with Crippen LogP contribution in [0.25, 0.3) is 0 Å². The number of carbonyl (C=O) groups excluding carboxylic acids is 2. The minimum Gasteiger partial charge on any atom is -0.388 e. The minimum absolute atomic E-state index is 0.110. The number of aliphatic hydroxyl groups excluding tert-OH is 2. The Morgan fingerprint density at radius 1 is 0.667 bits per heavy atom. The van der Waals surface area contributed by atoms with E-state index in [1.54, 1.807) is 48.5 Å². The van der Waals surface area contributed by atoms with Crippen molar-refractivity contribution in [3.05, 3.63) is 70.8 Å². The van der Waals surface area contributed by atoms with E-state index >= 15 is 0 Å². The van der Waals surface area contributed by atoms with Gasteiger partial charge in [0.2, 0.25) is 0 Å². The normalized spacial score (nSPS) is 29.1. The first-order valence-electron chi connectivity index (χ1n) is 8.20. The Balaban J connectivity index is 1.73. The summed E-state index contributed by atoms with van der Waals surface area (Å²) in [5, 5.41) is 20.8. The molecule has 2 N–H and O–H groups in total. The van der Waals surface area contributed by atoms with E-state index in [0.717, 1.165) is 0 Å². The van der Waals surface area contributed by atoms with Gasteiger partial charge >= 0.3 is 0 Å². The van der Waals surface area contributed by atoms with E-state index < -0.39 is 24.0 Å². The van der Waals surface area contributed by atoms with Crippen molar-refractivity contribution >= 4 is 11.6 Å². The molecule has 0 bridgehead atoms. The summed E-state index contributed by atoms with van der Waals surface area (Å²) in [6.45, 7) is 0. The molecule has 0 amide bonds. The largest absolute Gasteiger partial charge is 0.388 e. The molecule has 122 valence electrons. The van der Waals surface area contributed by atoms with Crippen molar-refractivity contribution in [3.8, 4) is 0 Å².